The first-order valence-corrected chi connectivity index (χ1v) is 5.59. The van der Waals surface area contributed by atoms with Gasteiger partial charge < -0.3 is 19.3 Å². The van der Waals surface area contributed by atoms with Crippen LogP contribution in [0, 0.1) is 12.3 Å². The van der Waals surface area contributed by atoms with Crippen molar-refractivity contribution in [3.05, 3.63) is 17.7 Å². The maximum Gasteiger partial charge on any atom is 0.203 e. The summed E-state index contributed by atoms with van der Waals surface area (Å²) >= 11 is 0. The van der Waals surface area contributed by atoms with Crippen molar-refractivity contribution in [2.75, 3.05) is 21.3 Å². The summed E-state index contributed by atoms with van der Waals surface area (Å²) in [6.45, 7) is 0. The minimum atomic E-state index is -0.732. The highest BCUT2D eigenvalue weighted by molar-refractivity contribution is 5.53. The number of hydrogen-bond donors (Lipinski definition) is 1. The maximum absolute atomic E-state index is 9.35. The molecule has 1 N–H and O–H groups in total. The minimum absolute atomic E-state index is 0.495. The Morgan fingerprint density at radius 2 is 1.72 bits per heavy atom. The van der Waals surface area contributed by atoms with Gasteiger partial charge in [-0.1, -0.05) is 5.92 Å². The molecule has 0 bridgehead atoms. The standard InChI is InChI=1S/C14H18O4/c1-5-11(15)7-6-10-8-12(16-2)14(18-4)13(9-10)17-3/h1,8-9,11,15H,6-7H2,2-4H3. The highest BCUT2D eigenvalue weighted by atomic mass is 16.5. The van der Waals surface area contributed by atoms with Gasteiger partial charge in [-0.05, 0) is 30.5 Å². The second-order valence-corrected chi connectivity index (χ2v) is 3.75. The Hall–Kier alpha value is -1.86. The van der Waals surface area contributed by atoms with E-state index in [0.717, 1.165) is 5.56 Å². The average Bonchev–Trinajstić information content (AvgIpc) is 2.43. The van der Waals surface area contributed by atoms with Gasteiger partial charge in [0.2, 0.25) is 5.75 Å². The molecule has 1 aromatic rings. The molecule has 18 heavy (non-hydrogen) atoms. The summed E-state index contributed by atoms with van der Waals surface area (Å²) in [6.07, 6.45) is 5.53. The fourth-order valence-electron chi connectivity index (χ4n) is 1.67. The first kappa shape index (κ1) is 14.2. The second kappa shape index (κ2) is 6.77. The minimum Gasteiger partial charge on any atom is -0.493 e. The summed E-state index contributed by atoms with van der Waals surface area (Å²) in [5.74, 6) is 4.04. The van der Waals surface area contributed by atoms with Gasteiger partial charge in [-0.3, -0.25) is 0 Å². The van der Waals surface area contributed by atoms with Crippen molar-refractivity contribution < 1.29 is 19.3 Å². The Kier molecular flexibility index (Phi) is 5.34. The van der Waals surface area contributed by atoms with Crippen LogP contribution in [0.3, 0.4) is 0 Å². The van der Waals surface area contributed by atoms with Gasteiger partial charge in [-0.2, -0.15) is 0 Å². The molecule has 0 fully saturated rings. The molecule has 1 atom stereocenters. The molecule has 0 aromatic heterocycles. The first-order valence-electron chi connectivity index (χ1n) is 5.59. The van der Waals surface area contributed by atoms with Gasteiger partial charge in [0.25, 0.3) is 0 Å². The van der Waals surface area contributed by atoms with Crippen molar-refractivity contribution in [3.8, 4) is 29.6 Å². The molecule has 0 aliphatic rings. The molecule has 1 unspecified atom stereocenters. The van der Waals surface area contributed by atoms with E-state index in [-0.39, 0.29) is 0 Å². The average molecular weight is 250 g/mol. The Bertz CT molecular complexity index is 409. The number of benzene rings is 1. The predicted molar refractivity (Wildman–Crippen MR) is 69.3 cm³/mol. The maximum atomic E-state index is 9.35. The smallest absolute Gasteiger partial charge is 0.203 e. The molecule has 0 radical (unpaired) electrons. The summed E-state index contributed by atoms with van der Waals surface area (Å²) in [7, 11) is 4.69. The molecule has 0 spiro atoms. The van der Waals surface area contributed by atoms with Crippen molar-refractivity contribution in [2.24, 2.45) is 0 Å². The van der Waals surface area contributed by atoms with Gasteiger partial charge >= 0.3 is 0 Å². The van der Waals surface area contributed by atoms with Gasteiger partial charge in [0, 0.05) is 0 Å². The SMILES string of the molecule is C#CC(O)CCc1cc(OC)c(OC)c(OC)c1. The molecule has 1 aromatic carbocycles. The van der Waals surface area contributed by atoms with Crippen LogP contribution >= 0.6 is 0 Å². The van der Waals surface area contributed by atoms with Crippen LogP contribution in [0.2, 0.25) is 0 Å². The topological polar surface area (TPSA) is 47.9 Å². The van der Waals surface area contributed by atoms with Crippen LogP contribution in [0.15, 0.2) is 12.1 Å². The third kappa shape index (κ3) is 3.31. The number of aryl methyl sites for hydroxylation is 1. The predicted octanol–water partition coefficient (Wildman–Crippen LogP) is 1.64. The fraction of sp³-hybridized carbons (Fsp3) is 0.429. The normalized spacial score (nSPS) is 11.5. The zero-order chi connectivity index (χ0) is 13.5. The van der Waals surface area contributed by atoms with E-state index in [1.165, 1.54) is 0 Å². The van der Waals surface area contributed by atoms with Crippen LogP contribution in [0.5, 0.6) is 17.2 Å². The van der Waals surface area contributed by atoms with Crippen LogP contribution < -0.4 is 14.2 Å². The number of methoxy groups -OCH3 is 3. The lowest BCUT2D eigenvalue weighted by molar-refractivity contribution is 0.222. The molecular weight excluding hydrogens is 232 g/mol. The van der Waals surface area contributed by atoms with Crippen LogP contribution in [-0.2, 0) is 6.42 Å². The summed E-state index contributed by atoms with van der Waals surface area (Å²) in [5, 5.41) is 9.35. The van der Waals surface area contributed by atoms with E-state index in [4.69, 9.17) is 20.6 Å². The monoisotopic (exact) mass is 250 g/mol. The highest BCUT2D eigenvalue weighted by Crippen LogP contribution is 2.38. The van der Waals surface area contributed by atoms with Crippen LogP contribution in [0.25, 0.3) is 0 Å². The van der Waals surface area contributed by atoms with Crippen molar-refractivity contribution in [3.63, 3.8) is 0 Å². The van der Waals surface area contributed by atoms with Crippen LogP contribution in [0.4, 0.5) is 0 Å². The highest BCUT2D eigenvalue weighted by Gasteiger charge is 2.13. The van der Waals surface area contributed by atoms with Crippen molar-refractivity contribution in [1.82, 2.24) is 0 Å². The number of rotatable bonds is 6. The molecule has 0 aliphatic carbocycles. The molecule has 0 amide bonds. The van der Waals surface area contributed by atoms with Crippen LogP contribution in [-0.4, -0.2) is 32.5 Å². The van der Waals surface area contributed by atoms with E-state index in [2.05, 4.69) is 5.92 Å². The molecule has 0 heterocycles. The third-order valence-corrected chi connectivity index (χ3v) is 2.62. The summed E-state index contributed by atoms with van der Waals surface area (Å²) < 4.78 is 15.7. The number of aliphatic hydroxyl groups is 1. The molecule has 0 saturated heterocycles. The Morgan fingerprint density at radius 3 is 2.11 bits per heavy atom. The van der Waals surface area contributed by atoms with Crippen molar-refractivity contribution in [1.29, 1.82) is 0 Å². The quantitative estimate of drug-likeness (QED) is 0.780. The van der Waals surface area contributed by atoms with Crippen LogP contribution in [0.1, 0.15) is 12.0 Å². The van der Waals surface area contributed by atoms with Crippen molar-refractivity contribution in [2.45, 2.75) is 18.9 Å². The lowest BCUT2D eigenvalue weighted by atomic mass is 10.1. The van der Waals surface area contributed by atoms with E-state index in [1.54, 1.807) is 21.3 Å². The molecule has 1 rings (SSSR count). The first-order chi connectivity index (χ1) is 8.65. The molecule has 0 saturated carbocycles. The zero-order valence-corrected chi connectivity index (χ0v) is 10.9. The van der Waals surface area contributed by atoms with Gasteiger partial charge in [0.05, 0.1) is 21.3 Å². The number of terminal acetylenes is 1. The van der Waals surface area contributed by atoms with Gasteiger partial charge in [-0.25, -0.2) is 0 Å². The zero-order valence-electron chi connectivity index (χ0n) is 10.9. The Morgan fingerprint density at radius 1 is 1.17 bits per heavy atom. The van der Waals surface area contributed by atoms with E-state index in [9.17, 15) is 5.11 Å². The van der Waals surface area contributed by atoms with E-state index < -0.39 is 6.10 Å². The number of aliphatic hydroxyl groups excluding tert-OH is 1. The Balaban J connectivity index is 2.97. The molecule has 4 heteroatoms. The second-order valence-electron chi connectivity index (χ2n) is 3.75. The lowest BCUT2D eigenvalue weighted by Crippen LogP contribution is -2.04. The third-order valence-electron chi connectivity index (χ3n) is 2.62. The fourth-order valence-corrected chi connectivity index (χ4v) is 1.67. The van der Waals surface area contributed by atoms with Crippen molar-refractivity contribution >= 4 is 0 Å². The number of ether oxygens (including phenoxy) is 3. The van der Waals surface area contributed by atoms with E-state index in [1.807, 2.05) is 12.1 Å². The summed E-state index contributed by atoms with van der Waals surface area (Å²) in [6, 6.07) is 3.70. The van der Waals surface area contributed by atoms with E-state index >= 15 is 0 Å². The summed E-state index contributed by atoms with van der Waals surface area (Å²) in [4.78, 5) is 0. The van der Waals surface area contributed by atoms with Gasteiger partial charge in [0.1, 0.15) is 6.10 Å². The lowest BCUT2D eigenvalue weighted by Gasteiger charge is -2.14. The van der Waals surface area contributed by atoms with Gasteiger partial charge in [0.15, 0.2) is 11.5 Å². The van der Waals surface area contributed by atoms with E-state index in [0.29, 0.717) is 30.1 Å². The molecule has 4 nitrogen and oxygen atoms in total. The largest absolute Gasteiger partial charge is 0.493 e. The summed E-state index contributed by atoms with van der Waals surface area (Å²) in [5.41, 5.74) is 0.971. The molecule has 0 aliphatic heterocycles. The Labute approximate surface area is 107 Å². The molecular formula is C14H18O4. The molecule has 98 valence electrons. The number of hydrogen-bond acceptors (Lipinski definition) is 4. The van der Waals surface area contributed by atoms with Gasteiger partial charge in [-0.15, -0.1) is 6.42 Å².